The number of hydrogen-bond acceptors (Lipinski definition) is 2. The maximum absolute atomic E-state index is 4.02. The van der Waals surface area contributed by atoms with Gasteiger partial charge < -0.3 is 10.6 Å². The Kier molecular flexibility index (Phi) is 5.49. The van der Waals surface area contributed by atoms with Crippen molar-refractivity contribution in [3.63, 3.8) is 0 Å². The maximum atomic E-state index is 4.02. The predicted octanol–water partition coefficient (Wildman–Crippen LogP) is 3.89. The van der Waals surface area contributed by atoms with Gasteiger partial charge in [0.2, 0.25) is 0 Å². The Labute approximate surface area is 152 Å². The van der Waals surface area contributed by atoms with E-state index in [1.54, 1.807) is 0 Å². The average molecular weight is 335 g/mol. The zero-order chi connectivity index (χ0) is 16.9. The molecule has 0 amide bonds. The van der Waals surface area contributed by atoms with Crippen molar-refractivity contribution in [3.05, 3.63) is 71.3 Å². The number of benzene rings is 2. The Morgan fingerprint density at radius 2 is 1.64 bits per heavy atom. The third kappa shape index (κ3) is 4.50. The highest BCUT2D eigenvalue weighted by molar-refractivity contribution is 5.33. The van der Waals surface area contributed by atoms with E-state index in [4.69, 9.17) is 0 Å². The summed E-state index contributed by atoms with van der Waals surface area (Å²) in [7, 11) is 0. The molecule has 2 unspecified atom stereocenters. The fraction of sp³-hybridized carbons (Fsp3) is 0.478. The third-order valence-electron chi connectivity index (χ3n) is 5.83. The van der Waals surface area contributed by atoms with Crippen molar-refractivity contribution < 1.29 is 0 Å². The minimum absolute atomic E-state index is 0.553. The SMILES string of the molecule is c1ccc(CC(CC2CCCCN2)NC2Cc3ccccc3C2)cc1. The van der Waals surface area contributed by atoms with Crippen LogP contribution in [-0.2, 0) is 19.3 Å². The fourth-order valence-corrected chi connectivity index (χ4v) is 4.59. The van der Waals surface area contributed by atoms with Crippen LogP contribution in [0.15, 0.2) is 54.6 Å². The van der Waals surface area contributed by atoms with Gasteiger partial charge in [-0.05, 0) is 61.8 Å². The lowest BCUT2D eigenvalue weighted by molar-refractivity contribution is 0.318. The van der Waals surface area contributed by atoms with E-state index in [0.29, 0.717) is 18.1 Å². The second kappa shape index (κ2) is 8.16. The van der Waals surface area contributed by atoms with Crippen LogP contribution in [0.1, 0.15) is 42.4 Å². The Hall–Kier alpha value is -1.64. The van der Waals surface area contributed by atoms with E-state index in [1.807, 2.05) is 0 Å². The number of piperidine rings is 1. The molecule has 0 bridgehead atoms. The molecular formula is C23H30N2. The number of nitrogens with one attached hydrogen (secondary N) is 2. The number of rotatable bonds is 6. The highest BCUT2D eigenvalue weighted by Gasteiger charge is 2.25. The van der Waals surface area contributed by atoms with E-state index in [-0.39, 0.29) is 0 Å². The maximum Gasteiger partial charge on any atom is 0.0151 e. The molecule has 0 spiro atoms. The molecule has 1 aliphatic heterocycles. The molecule has 2 heteroatoms. The summed E-state index contributed by atoms with van der Waals surface area (Å²) in [6.07, 6.45) is 8.78. The molecule has 2 aromatic rings. The zero-order valence-electron chi connectivity index (χ0n) is 15.1. The van der Waals surface area contributed by atoms with Crippen LogP contribution in [0.4, 0.5) is 0 Å². The van der Waals surface area contributed by atoms with Crippen molar-refractivity contribution in [1.82, 2.24) is 10.6 Å². The lowest BCUT2D eigenvalue weighted by Crippen LogP contribution is -2.45. The molecule has 0 saturated carbocycles. The molecule has 2 aliphatic rings. The standard InChI is InChI=1S/C23H30N2/c1-2-8-18(9-3-1)14-22(17-21-12-6-7-13-24-21)25-23-15-19-10-4-5-11-20(19)16-23/h1-5,8-11,21-25H,6-7,12-17H2. The van der Waals surface area contributed by atoms with Gasteiger partial charge in [0.15, 0.2) is 0 Å². The first-order valence-electron chi connectivity index (χ1n) is 9.97. The minimum Gasteiger partial charge on any atom is -0.314 e. The third-order valence-corrected chi connectivity index (χ3v) is 5.83. The molecule has 4 rings (SSSR count). The molecule has 2 atom stereocenters. The van der Waals surface area contributed by atoms with Crippen molar-refractivity contribution in [1.29, 1.82) is 0 Å². The number of hydrogen-bond donors (Lipinski definition) is 2. The second-order valence-electron chi connectivity index (χ2n) is 7.81. The van der Waals surface area contributed by atoms with Crippen molar-refractivity contribution in [3.8, 4) is 0 Å². The van der Waals surface area contributed by atoms with Gasteiger partial charge in [0.05, 0.1) is 0 Å². The summed E-state index contributed by atoms with van der Waals surface area (Å²) in [5.41, 5.74) is 4.52. The second-order valence-corrected chi connectivity index (χ2v) is 7.81. The van der Waals surface area contributed by atoms with E-state index >= 15 is 0 Å². The van der Waals surface area contributed by atoms with Gasteiger partial charge in [0, 0.05) is 18.1 Å². The van der Waals surface area contributed by atoms with Gasteiger partial charge in [-0.1, -0.05) is 61.0 Å². The first kappa shape index (κ1) is 16.8. The fourth-order valence-electron chi connectivity index (χ4n) is 4.59. The van der Waals surface area contributed by atoms with Crippen molar-refractivity contribution in [2.45, 2.75) is 63.1 Å². The van der Waals surface area contributed by atoms with Gasteiger partial charge in [-0.2, -0.15) is 0 Å². The molecule has 1 fully saturated rings. The van der Waals surface area contributed by atoms with E-state index in [0.717, 1.165) is 6.42 Å². The van der Waals surface area contributed by atoms with E-state index in [1.165, 1.54) is 61.8 Å². The van der Waals surface area contributed by atoms with Crippen LogP contribution in [0.5, 0.6) is 0 Å². The summed E-state index contributed by atoms with van der Waals surface area (Å²) in [4.78, 5) is 0. The van der Waals surface area contributed by atoms with Gasteiger partial charge in [0.25, 0.3) is 0 Å². The summed E-state index contributed by atoms with van der Waals surface area (Å²) in [5.74, 6) is 0. The van der Waals surface area contributed by atoms with Crippen LogP contribution in [0.25, 0.3) is 0 Å². The Bertz CT molecular complexity index is 636. The average Bonchev–Trinajstić information content (AvgIpc) is 3.05. The van der Waals surface area contributed by atoms with Gasteiger partial charge >= 0.3 is 0 Å². The van der Waals surface area contributed by atoms with E-state index in [9.17, 15) is 0 Å². The van der Waals surface area contributed by atoms with Crippen LogP contribution in [-0.4, -0.2) is 24.7 Å². The molecule has 0 radical (unpaired) electrons. The lowest BCUT2D eigenvalue weighted by atomic mass is 9.93. The minimum atomic E-state index is 0.553. The molecule has 1 heterocycles. The normalized spacial score (nSPS) is 21.8. The molecule has 1 aliphatic carbocycles. The van der Waals surface area contributed by atoms with Gasteiger partial charge in [-0.25, -0.2) is 0 Å². The highest BCUT2D eigenvalue weighted by Crippen LogP contribution is 2.23. The summed E-state index contributed by atoms with van der Waals surface area (Å²) in [6.45, 7) is 1.19. The first-order chi connectivity index (χ1) is 12.4. The lowest BCUT2D eigenvalue weighted by Gasteiger charge is -2.30. The van der Waals surface area contributed by atoms with Crippen LogP contribution in [0.3, 0.4) is 0 Å². The van der Waals surface area contributed by atoms with Gasteiger partial charge in [0.1, 0.15) is 0 Å². The van der Waals surface area contributed by atoms with Crippen LogP contribution in [0, 0.1) is 0 Å². The van der Waals surface area contributed by atoms with Crippen LogP contribution >= 0.6 is 0 Å². The van der Waals surface area contributed by atoms with Gasteiger partial charge in [-0.3, -0.25) is 0 Å². The smallest absolute Gasteiger partial charge is 0.0151 e. The van der Waals surface area contributed by atoms with Crippen molar-refractivity contribution in [2.24, 2.45) is 0 Å². The monoisotopic (exact) mass is 334 g/mol. The van der Waals surface area contributed by atoms with Crippen LogP contribution in [0.2, 0.25) is 0 Å². The summed E-state index contributed by atoms with van der Waals surface area (Å²) >= 11 is 0. The Balaban J connectivity index is 1.41. The highest BCUT2D eigenvalue weighted by atomic mass is 15.0. The zero-order valence-corrected chi connectivity index (χ0v) is 15.1. The molecular weight excluding hydrogens is 304 g/mol. The summed E-state index contributed by atoms with van der Waals surface area (Å²) < 4.78 is 0. The quantitative estimate of drug-likeness (QED) is 0.837. The van der Waals surface area contributed by atoms with Gasteiger partial charge in [-0.15, -0.1) is 0 Å². The topological polar surface area (TPSA) is 24.1 Å². The molecule has 25 heavy (non-hydrogen) atoms. The first-order valence-corrected chi connectivity index (χ1v) is 9.97. The van der Waals surface area contributed by atoms with Crippen LogP contribution < -0.4 is 10.6 Å². The van der Waals surface area contributed by atoms with Crippen molar-refractivity contribution >= 4 is 0 Å². The molecule has 2 aromatic carbocycles. The Morgan fingerprint density at radius 3 is 2.32 bits per heavy atom. The van der Waals surface area contributed by atoms with E-state index in [2.05, 4.69) is 65.2 Å². The summed E-state index contributed by atoms with van der Waals surface area (Å²) in [5, 5.41) is 7.76. The van der Waals surface area contributed by atoms with Crippen molar-refractivity contribution in [2.75, 3.05) is 6.54 Å². The number of fused-ring (bicyclic) bond motifs is 1. The largest absolute Gasteiger partial charge is 0.314 e. The molecule has 1 saturated heterocycles. The predicted molar refractivity (Wildman–Crippen MR) is 105 cm³/mol. The Morgan fingerprint density at radius 1 is 0.920 bits per heavy atom. The molecule has 0 aromatic heterocycles. The summed E-state index contributed by atoms with van der Waals surface area (Å²) in [6, 6.07) is 21.8. The molecule has 2 nitrogen and oxygen atoms in total. The molecule has 2 N–H and O–H groups in total. The van der Waals surface area contributed by atoms with E-state index < -0.39 is 0 Å². The molecule has 132 valence electrons.